The van der Waals surface area contributed by atoms with Crippen LogP contribution in [0.4, 0.5) is 4.39 Å². The molecule has 24 heavy (non-hydrogen) atoms. The maximum Gasteiger partial charge on any atom is 0.217 e. The maximum atomic E-state index is 13.1. The van der Waals surface area contributed by atoms with Crippen molar-refractivity contribution in [2.24, 2.45) is 7.05 Å². The molecule has 3 aromatic rings. The molecule has 0 saturated heterocycles. The van der Waals surface area contributed by atoms with E-state index >= 15 is 0 Å². The highest BCUT2D eigenvalue weighted by atomic mass is 32.2. The largest absolute Gasteiger partial charge is 0.493 e. The zero-order valence-corrected chi connectivity index (χ0v) is 13.9. The molecule has 0 amide bonds. The summed E-state index contributed by atoms with van der Waals surface area (Å²) in [6.45, 7) is 0. The molecule has 2 aromatic carbocycles. The number of halogens is 1. The number of hydrogen-bond donors (Lipinski definition) is 1. The molecule has 0 radical (unpaired) electrons. The second-order valence-electron chi connectivity index (χ2n) is 5.47. The Morgan fingerprint density at radius 3 is 2.08 bits per heavy atom. The molecular formula is C17H15FN2O3S. The van der Waals surface area contributed by atoms with Crippen molar-refractivity contribution in [3.05, 3.63) is 54.3 Å². The van der Waals surface area contributed by atoms with Crippen LogP contribution < -0.4 is 0 Å². The van der Waals surface area contributed by atoms with Crippen molar-refractivity contribution in [3.8, 4) is 28.3 Å². The highest BCUT2D eigenvalue weighted by Gasteiger charge is 2.19. The Morgan fingerprint density at radius 2 is 1.54 bits per heavy atom. The van der Waals surface area contributed by atoms with Gasteiger partial charge in [0, 0.05) is 18.9 Å². The molecule has 5 nitrogen and oxygen atoms in total. The summed E-state index contributed by atoms with van der Waals surface area (Å²) in [6.07, 6.45) is 1.14. The molecule has 0 unspecified atom stereocenters. The van der Waals surface area contributed by atoms with E-state index < -0.39 is 9.84 Å². The van der Waals surface area contributed by atoms with Crippen LogP contribution in [0.5, 0.6) is 5.88 Å². The van der Waals surface area contributed by atoms with E-state index in [-0.39, 0.29) is 16.6 Å². The van der Waals surface area contributed by atoms with Gasteiger partial charge in [0.25, 0.3) is 0 Å². The summed E-state index contributed by atoms with van der Waals surface area (Å²) in [5.74, 6) is -0.426. The third-order valence-electron chi connectivity index (χ3n) is 3.71. The summed E-state index contributed by atoms with van der Waals surface area (Å²) >= 11 is 0. The molecule has 7 heteroatoms. The van der Waals surface area contributed by atoms with Crippen molar-refractivity contribution >= 4 is 9.84 Å². The van der Waals surface area contributed by atoms with Crippen LogP contribution in [0.25, 0.3) is 22.4 Å². The van der Waals surface area contributed by atoms with E-state index in [2.05, 4.69) is 5.10 Å². The number of nitrogens with zero attached hydrogens (tertiary/aromatic N) is 2. The van der Waals surface area contributed by atoms with E-state index in [1.807, 2.05) is 0 Å². The number of benzene rings is 2. The molecule has 0 spiro atoms. The van der Waals surface area contributed by atoms with Crippen molar-refractivity contribution in [1.82, 2.24) is 9.78 Å². The molecule has 1 heterocycles. The molecule has 1 aromatic heterocycles. The van der Waals surface area contributed by atoms with E-state index in [0.29, 0.717) is 22.4 Å². The average molecular weight is 346 g/mol. The van der Waals surface area contributed by atoms with Crippen molar-refractivity contribution in [2.75, 3.05) is 6.26 Å². The average Bonchev–Trinajstić information content (AvgIpc) is 2.83. The molecule has 0 atom stereocenters. The Kier molecular flexibility index (Phi) is 3.88. The summed E-state index contributed by atoms with van der Waals surface area (Å²) < 4.78 is 37.6. The van der Waals surface area contributed by atoms with Crippen LogP contribution >= 0.6 is 0 Å². The van der Waals surface area contributed by atoms with Crippen LogP contribution in [0.3, 0.4) is 0 Å². The van der Waals surface area contributed by atoms with Gasteiger partial charge < -0.3 is 5.11 Å². The van der Waals surface area contributed by atoms with Crippen molar-refractivity contribution in [3.63, 3.8) is 0 Å². The van der Waals surface area contributed by atoms with Gasteiger partial charge >= 0.3 is 0 Å². The van der Waals surface area contributed by atoms with Gasteiger partial charge in [0.1, 0.15) is 11.5 Å². The molecule has 0 aliphatic heterocycles. The zero-order chi connectivity index (χ0) is 17.5. The first-order valence-corrected chi connectivity index (χ1v) is 8.99. The lowest BCUT2D eigenvalue weighted by atomic mass is 10.0. The Hall–Kier alpha value is -2.67. The van der Waals surface area contributed by atoms with E-state index in [1.54, 1.807) is 31.3 Å². The molecule has 0 bridgehead atoms. The fraction of sp³-hybridized carbons (Fsp3) is 0.118. The van der Waals surface area contributed by atoms with E-state index in [1.165, 1.54) is 28.9 Å². The minimum Gasteiger partial charge on any atom is -0.493 e. The van der Waals surface area contributed by atoms with Gasteiger partial charge in [0.15, 0.2) is 9.84 Å². The number of hydrogen-bond acceptors (Lipinski definition) is 4. The Labute approximate surface area is 138 Å². The summed E-state index contributed by atoms with van der Waals surface area (Å²) in [6, 6.07) is 12.0. The fourth-order valence-corrected chi connectivity index (χ4v) is 3.09. The van der Waals surface area contributed by atoms with Crippen LogP contribution in [0.2, 0.25) is 0 Å². The maximum absolute atomic E-state index is 13.1. The zero-order valence-electron chi connectivity index (χ0n) is 13.1. The lowest BCUT2D eigenvalue weighted by Gasteiger charge is -2.05. The van der Waals surface area contributed by atoms with Crippen molar-refractivity contribution in [2.45, 2.75) is 4.90 Å². The molecular weight excluding hydrogens is 331 g/mol. The SMILES string of the molecule is Cn1nc(-c2ccc(S(C)(=O)=O)cc2)c(-c2ccc(F)cc2)c1O. The Bertz CT molecular complexity index is 992. The third kappa shape index (κ3) is 2.90. The summed E-state index contributed by atoms with van der Waals surface area (Å²) in [7, 11) is -1.69. The highest BCUT2D eigenvalue weighted by Crippen LogP contribution is 2.38. The van der Waals surface area contributed by atoms with E-state index in [0.717, 1.165) is 6.26 Å². The normalized spacial score (nSPS) is 11.6. The van der Waals surface area contributed by atoms with Crippen LogP contribution in [0.1, 0.15) is 0 Å². The van der Waals surface area contributed by atoms with Gasteiger partial charge in [0.2, 0.25) is 5.88 Å². The third-order valence-corrected chi connectivity index (χ3v) is 4.83. The van der Waals surface area contributed by atoms with Crippen molar-refractivity contribution < 1.29 is 17.9 Å². The standard InChI is InChI=1S/C17H15FN2O3S/c1-20-17(21)15(11-3-7-13(18)8-4-11)16(19-20)12-5-9-14(10-6-12)24(2,22)23/h3-10,21H,1-2H3. The highest BCUT2D eigenvalue weighted by molar-refractivity contribution is 7.90. The molecule has 0 fully saturated rings. The van der Waals surface area contributed by atoms with Gasteiger partial charge in [-0.3, -0.25) is 0 Å². The smallest absolute Gasteiger partial charge is 0.217 e. The first-order chi connectivity index (χ1) is 11.3. The van der Waals surface area contributed by atoms with Crippen LogP contribution in [0, 0.1) is 5.82 Å². The number of aromatic nitrogens is 2. The summed E-state index contributed by atoms with van der Waals surface area (Å²) in [5, 5.41) is 14.6. The quantitative estimate of drug-likeness (QED) is 0.791. The van der Waals surface area contributed by atoms with Gasteiger partial charge in [-0.1, -0.05) is 24.3 Å². The van der Waals surface area contributed by atoms with Crippen LogP contribution in [0.15, 0.2) is 53.4 Å². The van der Waals surface area contributed by atoms with E-state index in [4.69, 9.17) is 0 Å². The molecule has 0 aliphatic rings. The topological polar surface area (TPSA) is 72.2 Å². The molecule has 0 saturated carbocycles. The number of aromatic hydroxyl groups is 1. The van der Waals surface area contributed by atoms with Gasteiger partial charge in [0.05, 0.1) is 10.5 Å². The van der Waals surface area contributed by atoms with Gasteiger partial charge in [-0.25, -0.2) is 17.5 Å². The molecule has 124 valence electrons. The van der Waals surface area contributed by atoms with Gasteiger partial charge in [-0.05, 0) is 29.8 Å². The summed E-state index contributed by atoms with van der Waals surface area (Å²) in [4.78, 5) is 0.203. The molecule has 1 N–H and O–H groups in total. The fourth-order valence-electron chi connectivity index (χ4n) is 2.46. The van der Waals surface area contributed by atoms with Gasteiger partial charge in [-0.2, -0.15) is 5.10 Å². The van der Waals surface area contributed by atoms with Crippen LogP contribution in [-0.4, -0.2) is 29.6 Å². The lowest BCUT2D eigenvalue weighted by Crippen LogP contribution is -1.96. The first-order valence-electron chi connectivity index (χ1n) is 7.10. The minimum absolute atomic E-state index is 0.0520. The molecule has 0 aliphatic carbocycles. The first kappa shape index (κ1) is 16.2. The van der Waals surface area contributed by atoms with Crippen LogP contribution in [-0.2, 0) is 16.9 Å². The number of aryl methyl sites for hydroxylation is 1. The lowest BCUT2D eigenvalue weighted by molar-refractivity contribution is 0.421. The molecule has 3 rings (SSSR count). The predicted octanol–water partition coefficient (Wildman–Crippen LogP) is 3.00. The Morgan fingerprint density at radius 1 is 1.00 bits per heavy atom. The predicted molar refractivity (Wildman–Crippen MR) is 88.8 cm³/mol. The van der Waals surface area contributed by atoms with Gasteiger partial charge in [-0.15, -0.1) is 0 Å². The Balaban J connectivity index is 2.15. The second kappa shape index (κ2) is 5.76. The monoisotopic (exact) mass is 346 g/mol. The summed E-state index contributed by atoms with van der Waals surface area (Å²) in [5.41, 5.74) is 2.22. The van der Waals surface area contributed by atoms with E-state index in [9.17, 15) is 17.9 Å². The minimum atomic E-state index is -3.29. The number of sulfone groups is 1. The number of rotatable bonds is 3. The van der Waals surface area contributed by atoms with Crippen molar-refractivity contribution in [1.29, 1.82) is 0 Å². The second-order valence-corrected chi connectivity index (χ2v) is 7.49.